The highest BCUT2D eigenvalue weighted by molar-refractivity contribution is 6.30. The van der Waals surface area contributed by atoms with E-state index in [1.54, 1.807) is 0 Å². The minimum absolute atomic E-state index is 0.590. The van der Waals surface area contributed by atoms with Crippen LogP contribution in [-0.2, 0) is 6.54 Å². The smallest absolute Gasteiger partial charge is 0.103 e. The van der Waals surface area contributed by atoms with Crippen molar-refractivity contribution in [3.63, 3.8) is 0 Å². The molecule has 0 spiro atoms. The van der Waals surface area contributed by atoms with Crippen molar-refractivity contribution in [2.45, 2.75) is 20.4 Å². The lowest BCUT2D eigenvalue weighted by Crippen LogP contribution is -2.04. The van der Waals surface area contributed by atoms with Crippen molar-refractivity contribution in [3.8, 4) is 6.07 Å². The summed E-state index contributed by atoms with van der Waals surface area (Å²) >= 11 is 5.95. The van der Waals surface area contributed by atoms with Gasteiger partial charge in [0.15, 0.2) is 0 Å². The molecule has 1 heterocycles. The highest BCUT2D eigenvalue weighted by Gasteiger charge is 2.07. The molecule has 2 rings (SSSR count). The van der Waals surface area contributed by atoms with E-state index in [2.05, 4.69) is 16.4 Å². The molecule has 0 unspecified atom stereocenters. The first-order valence-corrected chi connectivity index (χ1v) is 6.34. The molecule has 96 valence electrons. The largest absolute Gasteiger partial charge is 0.380 e. The molecule has 0 fully saturated rings. The van der Waals surface area contributed by atoms with Gasteiger partial charge in [0.05, 0.1) is 16.9 Å². The predicted octanol–water partition coefficient (Wildman–Crippen LogP) is 3.84. The molecule has 0 saturated heterocycles. The van der Waals surface area contributed by atoms with Crippen molar-refractivity contribution in [3.05, 3.63) is 57.9 Å². The van der Waals surface area contributed by atoms with Crippen LogP contribution in [0.15, 0.2) is 30.3 Å². The van der Waals surface area contributed by atoms with E-state index >= 15 is 0 Å². The Morgan fingerprint density at radius 3 is 2.79 bits per heavy atom. The number of nitrogens with zero attached hydrogens (tertiary/aromatic N) is 2. The second kappa shape index (κ2) is 5.73. The standard InChI is InChI=1S/C15H14ClN3/c1-10-6-15(14(8-17)11(2)19-10)18-9-12-4-3-5-13(16)7-12/h3-7H,9H2,1-2H3,(H,18,19). The molecule has 0 bridgehead atoms. The number of halogens is 1. The Hall–Kier alpha value is -2.05. The number of aryl methyl sites for hydroxylation is 2. The number of rotatable bonds is 3. The van der Waals surface area contributed by atoms with Crippen molar-refractivity contribution in [2.75, 3.05) is 5.32 Å². The third-order valence-corrected chi connectivity index (χ3v) is 3.05. The Morgan fingerprint density at radius 2 is 2.11 bits per heavy atom. The van der Waals surface area contributed by atoms with Crippen molar-refractivity contribution < 1.29 is 0 Å². The molecule has 1 aromatic heterocycles. The van der Waals surface area contributed by atoms with Gasteiger partial charge in [-0.25, -0.2) is 0 Å². The number of pyridine rings is 1. The lowest BCUT2D eigenvalue weighted by atomic mass is 10.1. The Morgan fingerprint density at radius 1 is 1.32 bits per heavy atom. The van der Waals surface area contributed by atoms with Crippen LogP contribution in [0.5, 0.6) is 0 Å². The summed E-state index contributed by atoms with van der Waals surface area (Å²) in [6.45, 7) is 4.38. The third kappa shape index (κ3) is 3.24. The second-order valence-corrected chi connectivity index (χ2v) is 4.80. The second-order valence-electron chi connectivity index (χ2n) is 4.37. The van der Waals surface area contributed by atoms with Crippen molar-refractivity contribution in [1.82, 2.24) is 4.98 Å². The van der Waals surface area contributed by atoms with Gasteiger partial charge in [0.2, 0.25) is 0 Å². The first kappa shape index (κ1) is 13.4. The summed E-state index contributed by atoms with van der Waals surface area (Å²) < 4.78 is 0. The first-order valence-electron chi connectivity index (χ1n) is 5.97. The van der Waals surface area contributed by atoms with Crippen molar-refractivity contribution in [1.29, 1.82) is 5.26 Å². The van der Waals surface area contributed by atoms with Gasteiger partial charge in [0.1, 0.15) is 6.07 Å². The number of aromatic nitrogens is 1. The maximum Gasteiger partial charge on any atom is 0.103 e. The Balaban J connectivity index is 2.22. The molecule has 1 N–H and O–H groups in total. The molecule has 0 aliphatic heterocycles. The average molecular weight is 272 g/mol. The topological polar surface area (TPSA) is 48.7 Å². The van der Waals surface area contributed by atoms with Crippen LogP contribution in [0.3, 0.4) is 0 Å². The van der Waals surface area contributed by atoms with Crippen molar-refractivity contribution in [2.24, 2.45) is 0 Å². The molecule has 3 nitrogen and oxygen atoms in total. The summed E-state index contributed by atoms with van der Waals surface area (Å²) in [7, 11) is 0. The van der Waals surface area contributed by atoms with Crippen LogP contribution in [0, 0.1) is 25.2 Å². The number of nitrogens with one attached hydrogen (secondary N) is 1. The van der Waals surface area contributed by atoms with E-state index in [1.807, 2.05) is 44.2 Å². The zero-order valence-corrected chi connectivity index (χ0v) is 11.6. The molecule has 4 heteroatoms. The Bertz CT molecular complexity index is 644. The predicted molar refractivity (Wildman–Crippen MR) is 77.2 cm³/mol. The van der Waals surface area contributed by atoms with Crippen LogP contribution in [0.2, 0.25) is 5.02 Å². The van der Waals surface area contributed by atoms with E-state index < -0.39 is 0 Å². The lowest BCUT2D eigenvalue weighted by molar-refractivity contribution is 1.08. The molecule has 0 aliphatic rings. The fourth-order valence-corrected chi connectivity index (χ4v) is 2.17. The average Bonchev–Trinajstić information content (AvgIpc) is 2.36. The van der Waals surface area contributed by atoms with Gasteiger partial charge in [-0.2, -0.15) is 5.26 Å². The van der Waals surface area contributed by atoms with E-state index in [4.69, 9.17) is 11.6 Å². The fraction of sp³-hybridized carbons (Fsp3) is 0.200. The lowest BCUT2D eigenvalue weighted by Gasteiger charge is -2.11. The zero-order valence-electron chi connectivity index (χ0n) is 10.9. The van der Waals surface area contributed by atoms with Gasteiger partial charge in [0.25, 0.3) is 0 Å². The minimum atomic E-state index is 0.590. The van der Waals surface area contributed by atoms with E-state index in [9.17, 15) is 5.26 Å². The SMILES string of the molecule is Cc1cc(NCc2cccc(Cl)c2)c(C#N)c(C)n1. The molecule has 0 atom stereocenters. The summed E-state index contributed by atoms with van der Waals surface area (Å²) in [5.41, 5.74) is 4.12. The maximum absolute atomic E-state index is 9.18. The first-order chi connectivity index (χ1) is 9.10. The van der Waals surface area contributed by atoms with E-state index in [0.717, 1.165) is 22.6 Å². The third-order valence-electron chi connectivity index (χ3n) is 2.81. The molecule has 0 radical (unpaired) electrons. The van der Waals surface area contributed by atoms with Crippen LogP contribution < -0.4 is 5.32 Å². The van der Waals surface area contributed by atoms with Gasteiger partial charge in [-0.15, -0.1) is 0 Å². The van der Waals surface area contributed by atoms with E-state index in [1.165, 1.54) is 0 Å². The maximum atomic E-state index is 9.18. The fourth-order valence-electron chi connectivity index (χ4n) is 1.95. The molecular weight excluding hydrogens is 258 g/mol. The Labute approximate surface area is 117 Å². The number of anilines is 1. The minimum Gasteiger partial charge on any atom is -0.380 e. The van der Waals surface area contributed by atoms with Crippen LogP contribution in [0.4, 0.5) is 5.69 Å². The highest BCUT2D eigenvalue weighted by Crippen LogP contribution is 2.20. The molecule has 0 amide bonds. The van der Waals surface area contributed by atoms with Gasteiger partial charge < -0.3 is 5.32 Å². The van der Waals surface area contributed by atoms with Gasteiger partial charge >= 0.3 is 0 Å². The van der Waals surface area contributed by atoms with Gasteiger partial charge in [0, 0.05) is 17.3 Å². The normalized spacial score (nSPS) is 10.0. The monoisotopic (exact) mass is 271 g/mol. The molecule has 2 aromatic rings. The van der Waals surface area contributed by atoms with Crippen LogP contribution >= 0.6 is 11.6 Å². The van der Waals surface area contributed by atoms with Gasteiger partial charge in [-0.3, -0.25) is 4.98 Å². The molecule has 1 aromatic carbocycles. The molecule has 0 aliphatic carbocycles. The number of hydrogen-bond donors (Lipinski definition) is 1. The Kier molecular flexibility index (Phi) is 4.03. The molecule has 19 heavy (non-hydrogen) atoms. The highest BCUT2D eigenvalue weighted by atomic mass is 35.5. The summed E-state index contributed by atoms with van der Waals surface area (Å²) in [4.78, 5) is 4.29. The van der Waals surface area contributed by atoms with Crippen LogP contribution in [-0.4, -0.2) is 4.98 Å². The summed E-state index contributed by atoms with van der Waals surface area (Å²) in [6, 6.07) is 11.7. The van der Waals surface area contributed by atoms with Gasteiger partial charge in [-0.05, 0) is 37.6 Å². The summed E-state index contributed by atoms with van der Waals surface area (Å²) in [6.07, 6.45) is 0. The quantitative estimate of drug-likeness (QED) is 0.923. The van der Waals surface area contributed by atoms with E-state index in [0.29, 0.717) is 17.1 Å². The zero-order chi connectivity index (χ0) is 13.8. The summed E-state index contributed by atoms with van der Waals surface area (Å²) in [5, 5.41) is 13.2. The number of nitriles is 1. The van der Waals surface area contributed by atoms with Gasteiger partial charge in [-0.1, -0.05) is 23.7 Å². The van der Waals surface area contributed by atoms with Crippen LogP contribution in [0.1, 0.15) is 22.5 Å². The van der Waals surface area contributed by atoms with Crippen molar-refractivity contribution >= 4 is 17.3 Å². The summed E-state index contributed by atoms with van der Waals surface area (Å²) in [5.74, 6) is 0. The van der Waals surface area contributed by atoms with E-state index in [-0.39, 0.29) is 0 Å². The van der Waals surface area contributed by atoms with Crippen LogP contribution in [0.25, 0.3) is 0 Å². The molecular formula is C15H14ClN3. The number of hydrogen-bond acceptors (Lipinski definition) is 3. The number of benzene rings is 1. The molecule has 0 saturated carbocycles.